The molecule has 0 radical (unpaired) electrons. The van der Waals surface area contributed by atoms with Gasteiger partial charge in [0.2, 0.25) is 0 Å². The van der Waals surface area contributed by atoms with Crippen LogP contribution in [-0.2, 0) is 4.79 Å². The van der Waals surface area contributed by atoms with Gasteiger partial charge in [-0.25, -0.2) is 4.79 Å². The largest absolute Gasteiger partial charge is 0.480 e. The van der Waals surface area contributed by atoms with E-state index in [0.717, 1.165) is 19.3 Å². The fourth-order valence-electron chi connectivity index (χ4n) is 3.46. The zero-order valence-corrected chi connectivity index (χ0v) is 13.2. The van der Waals surface area contributed by atoms with Crippen molar-refractivity contribution >= 4 is 23.3 Å². The van der Waals surface area contributed by atoms with Gasteiger partial charge in [-0.1, -0.05) is 0 Å². The summed E-state index contributed by atoms with van der Waals surface area (Å²) in [7, 11) is 0. The average molecular weight is 333 g/mol. The molecule has 2 fully saturated rings. The molecule has 1 aromatic rings. The first-order valence-electron chi connectivity index (χ1n) is 8.06. The Morgan fingerprint density at radius 2 is 1.88 bits per heavy atom. The van der Waals surface area contributed by atoms with Gasteiger partial charge in [-0.15, -0.1) is 0 Å². The van der Waals surface area contributed by atoms with Crippen molar-refractivity contribution in [3.8, 4) is 0 Å². The second-order valence-corrected chi connectivity index (χ2v) is 6.15. The van der Waals surface area contributed by atoms with Gasteiger partial charge in [0.15, 0.2) is 0 Å². The second kappa shape index (κ2) is 6.46. The van der Waals surface area contributed by atoms with Crippen LogP contribution in [0.2, 0.25) is 0 Å². The summed E-state index contributed by atoms with van der Waals surface area (Å²) in [5, 5.41) is 20.6. The Hall–Kier alpha value is -2.64. The van der Waals surface area contributed by atoms with Crippen LogP contribution in [0.3, 0.4) is 0 Å². The minimum atomic E-state index is -0.918. The van der Waals surface area contributed by atoms with Gasteiger partial charge in [0.25, 0.3) is 11.6 Å². The van der Waals surface area contributed by atoms with E-state index in [9.17, 15) is 24.8 Å². The number of likely N-dealkylation sites (tertiary alicyclic amines) is 1. The fourth-order valence-corrected chi connectivity index (χ4v) is 3.46. The molecule has 24 heavy (non-hydrogen) atoms. The van der Waals surface area contributed by atoms with Gasteiger partial charge in [-0.3, -0.25) is 14.9 Å². The van der Waals surface area contributed by atoms with Crippen molar-refractivity contribution in [3.05, 3.63) is 33.9 Å². The highest BCUT2D eigenvalue weighted by molar-refractivity contribution is 5.99. The monoisotopic (exact) mass is 333 g/mol. The molecule has 0 saturated carbocycles. The number of hydrogen-bond donors (Lipinski definition) is 1. The molecule has 0 spiro atoms. The van der Waals surface area contributed by atoms with Crippen LogP contribution in [-0.4, -0.2) is 52.5 Å². The number of nitro groups is 1. The summed E-state index contributed by atoms with van der Waals surface area (Å²) in [6.45, 7) is 1.76. The topological polar surface area (TPSA) is 104 Å². The van der Waals surface area contributed by atoms with Crippen molar-refractivity contribution < 1.29 is 19.6 Å². The summed E-state index contributed by atoms with van der Waals surface area (Å²) >= 11 is 0. The van der Waals surface area contributed by atoms with Gasteiger partial charge in [-0.05, 0) is 37.8 Å². The number of aliphatic carboxylic acids is 1. The smallest absolute Gasteiger partial charge is 0.326 e. The first-order chi connectivity index (χ1) is 11.5. The molecule has 0 aliphatic carbocycles. The van der Waals surface area contributed by atoms with Crippen molar-refractivity contribution in [2.75, 3.05) is 24.5 Å². The van der Waals surface area contributed by atoms with Crippen LogP contribution in [0, 0.1) is 10.1 Å². The predicted molar refractivity (Wildman–Crippen MR) is 86.2 cm³/mol. The number of anilines is 1. The summed E-state index contributed by atoms with van der Waals surface area (Å²) in [5.74, 6) is -1.27. The number of amides is 1. The maximum Gasteiger partial charge on any atom is 0.326 e. The van der Waals surface area contributed by atoms with Crippen molar-refractivity contribution in [2.45, 2.75) is 31.7 Å². The number of carbonyl (C=O) groups is 2. The van der Waals surface area contributed by atoms with E-state index >= 15 is 0 Å². The van der Waals surface area contributed by atoms with Crippen LogP contribution >= 0.6 is 0 Å². The molecule has 1 atom stereocenters. The molecular formula is C16H19N3O5. The average Bonchev–Trinajstić information content (AvgIpc) is 3.24. The molecule has 8 heteroatoms. The van der Waals surface area contributed by atoms with Gasteiger partial charge in [0, 0.05) is 31.4 Å². The lowest BCUT2D eigenvalue weighted by molar-refractivity contribution is -0.385. The lowest BCUT2D eigenvalue weighted by atomic mass is 10.1. The van der Waals surface area contributed by atoms with Crippen LogP contribution in [0.15, 0.2) is 18.2 Å². The summed E-state index contributed by atoms with van der Waals surface area (Å²) in [4.78, 5) is 38.0. The molecule has 2 aliphatic heterocycles. The Morgan fingerprint density at radius 3 is 2.50 bits per heavy atom. The standard InChI is InChI=1S/C16H19N3O5/c20-15(17-7-1-2-8-17)12-10-11(5-6-13(12)19(23)24)18-9-3-4-14(18)16(21)22/h5-6,10,14H,1-4,7-9H2,(H,21,22)/t14-/m0/s1. The third kappa shape index (κ3) is 2.91. The van der Waals surface area contributed by atoms with E-state index < -0.39 is 16.9 Å². The Bertz CT molecular complexity index is 684. The summed E-state index contributed by atoms with van der Waals surface area (Å²) in [6.07, 6.45) is 3.06. The zero-order valence-electron chi connectivity index (χ0n) is 13.2. The van der Waals surface area contributed by atoms with E-state index in [-0.39, 0.29) is 17.2 Å². The molecule has 8 nitrogen and oxygen atoms in total. The molecule has 1 amide bonds. The lowest BCUT2D eigenvalue weighted by Crippen LogP contribution is -2.36. The third-order valence-electron chi connectivity index (χ3n) is 4.67. The minimum absolute atomic E-state index is 0.0374. The normalized spacial score (nSPS) is 20.4. The van der Waals surface area contributed by atoms with Crippen LogP contribution in [0.5, 0.6) is 0 Å². The third-order valence-corrected chi connectivity index (χ3v) is 4.67. The van der Waals surface area contributed by atoms with Crippen LogP contribution in [0.1, 0.15) is 36.0 Å². The first-order valence-corrected chi connectivity index (χ1v) is 8.06. The van der Waals surface area contributed by atoms with Crippen LogP contribution < -0.4 is 4.90 Å². The fraction of sp³-hybridized carbons (Fsp3) is 0.500. The highest BCUT2D eigenvalue weighted by atomic mass is 16.6. The van der Waals surface area contributed by atoms with E-state index in [1.54, 1.807) is 9.80 Å². The lowest BCUT2D eigenvalue weighted by Gasteiger charge is -2.24. The quantitative estimate of drug-likeness (QED) is 0.666. The molecule has 3 rings (SSSR count). The number of hydrogen-bond acceptors (Lipinski definition) is 5. The highest BCUT2D eigenvalue weighted by Gasteiger charge is 2.33. The SMILES string of the molecule is O=C(O)[C@@H]1CCCN1c1ccc([N+](=O)[O-])c(C(=O)N2CCCC2)c1. The van der Waals surface area contributed by atoms with E-state index in [2.05, 4.69) is 0 Å². The van der Waals surface area contributed by atoms with Gasteiger partial charge in [0.1, 0.15) is 11.6 Å². The molecule has 0 aromatic heterocycles. The summed E-state index contributed by atoms with van der Waals surface area (Å²) in [6, 6.07) is 3.65. The Kier molecular flexibility index (Phi) is 4.37. The molecular weight excluding hydrogens is 314 g/mol. The van der Waals surface area contributed by atoms with Gasteiger partial charge >= 0.3 is 5.97 Å². The van der Waals surface area contributed by atoms with Gasteiger partial charge < -0.3 is 14.9 Å². The van der Waals surface area contributed by atoms with Crippen molar-refractivity contribution in [3.63, 3.8) is 0 Å². The van der Waals surface area contributed by atoms with Crippen molar-refractivity contribution in [1.29, 1.82) is 0 Å². The van der Waals surface area contributed by atoms with E-state index in [1.807, 2.05) is 0 Å². The predicted octanol–water partition coefficient (Wildman–Crippen LogP) is 1.88. The van der Waals surface area contributed by atoms with Crippen LogP contribution in [0.25, 0.3) is 0 Å². The molecule has 2 aliphatic rings. The molecule has 0 unspecified atom stereocenters. The second-order valence-electron chi connectivity index (χ2n) is 6.15. The number of carboxylic acids is 1. The number of benzene rings is 1. The van der Waals surface area contributed by atoms with Gasteiger partial charge in [0.05, 0.1) is 4.92 Å². The first kappa shape index (κ1) is 16.2. The maximum atomic E-state index is 12.6. The molecule has 2 saturated heterocycles. The highest BCUT2D eigenvalue weighted by Crippen LogP contribution is 2.31. The summed E-state index contributed by atoms with van der Waals surface area (Å²) in [5.41, 5.74) is 0.352. The number of carbonyl (C=O) groups excluding carboxylic acids is 1. The van der Waals surface area contributed by atoms with E-state index in [0.29, 0.717) is 31.7 Å². The summed E-state index contributed by atoms with van der Waals surface area (Å²) < 4.78 is 0. The Morgan fingerprint density at radius 1 is 1.17 bits per heavy atom. The minimum Gasteiger partial charge on any atom is -0.480 e. The Labute approximate surface area is 138 Å². The molecule has 128 valence electrons. The number of rotatable bonds is 4. The number of nitrogens with zero attached hydrogens (tertiary/aromatic N) is 3. The zero-order chi connectivity index (χ0) is 17.3. The molecule has 1 N–H and O–H groups in total. The van der Waals surface area contributed by atoms with E-state index in [1.165, 1.54) is 18.2 Å². The number of carboxylic acid groups (broad SMARTS) is 1. The molecule has 1 aromatic carbocycles. The Balaban J connectivity index is 1.98. The molecule has 0 bridgehead atoms. The van der Waals surface area contributed by atoms with E-state index in [4.69, 9.17) is 0 Å². The van der Waals surface area contributed by atoms with Gasteiger partial charge in [-0.2, -0.15) is 0 Å². The number of nitro benzene ring substituents is 1. The van der Waals surface area contributed by atoms with Crippen LogP contribution in [0.4, 0.5) is 11.4 Å². The maximum absolute atomic E-state index is 12.6. The molecule has 2 heterocycles. The van der Waals surface area contributed by atoms with Crippen molar-refractivity contribution in [2.24, 2.45) is 0 Å². The van der Waals surface area contributed by atoms with Crippen molar-refractivity contribution in [1.82, 2.24) is 4.90 Å².